The zero-order valence-electron chi connectivity index (χ0n) is 13.8. The zero-order valence-corrected chi connectivity index (χ0v) is 14.6. The van der Waals surface area contributed by atoms with Gasteiger partial charge >= 0.3 is 6.09 Å². The highest BCUT2D eigenvalue weighted by Gasteiger charge is 2.26. The largest absolute Gasteiger partial charge is 0.450 e. The molecule has 1 amide bonds. The van der Waals surface area contributed by atoms with Crippen LogP contribution in [0, 0.1) is 0 Å². The topological polar surface area (TPSA) is 105 Å². The van der Waals surface area contributed by atoms with Crippen LogP contribution in [0.2, 0.25) is 0 Å². The molecule has 0 spiro atoms. The molecule has 23 heavy (non-hydrogen) atoms. The number of aliphatic hydroxyl groups is 1. The molecular formula is C15H24N2O5S. The van der Waals surface area contributed by atoms with E-state index in [1.54, 1.807) is 45.0 Å². The average molecular weight is 344 g/mol. The summed E-state index contributed by atoms with van der Waals surface area (Å²) in [5.74, 6) is 0. The fourth-order valence-electron chi connectivity index (χ4n) is 1.71. The summed E-state index contributed by atoms with van der Waals surface area (Å²) in [6.07, 6.45) is -0.559. The Balaban J connectivity index is 2.75. The van der Waals surface area contributed by atoms with Crippen molar-refractivity contribution in [3.8, 4) is 0 Å². The third-order valence-corrected chi connectivity index (χ3v) is 5.05. The maximum Gasteiger partial charge on any atom is 0.411 e. The van der Waals surface area contributed by atoms with Gasteiger partial charge in [-0.3, -0.25) is 5.32 Å². The highest BCUT2D eigenvalue weighted by atomic mass is 32.2. The van der Waals surface area contributed by atoms with Crippen LogP contribution >= 0.6 is 0 Å². The maximum atomic E-state index is 11.8. The molecule has 7 nitrogen and oxygen atoms in total. The quantitative estimate of drug-likeness (QED) is 0.699. The van der Waals surface area contributed by atoms with Gasteiger partial charge in [0.05, 0.1) is 11.9 Å². The van der Waals surface area contributed by atoms with E-state index in [0.29, 0.717) is 11.3 Å². The number of benzene rings is 1. The minimum absolute atomic E-state index is 0.141. The predicted molar refractivity (Wildman–Crippen MR) is 88.7 cm³/mol. The molecule has 1 aromatic carbocycles. The first-order valence-corrected chi connectivity index (χ1v) is 8.88. The van der Waals surface area contributed by atoms with E-state index in [4.69, 9.17) is 4.74 Å². The molecule has 130 valence electrons. The third kappa shape index (κ3) is 5.81. The van der Waals surface area contributed by atoms with Crippen LogP contribution in [0.25, 0.3) is 0 Å². The van der Waals surface area contributed by atoms with Gasteiger partial charge in [0.2, 0.25) is 10.0 Å². The summed E-state index contributed by atoms with van der Waals surface area (Å²) in [7, 11) is -3.45. The van der Waals surface area contributed by atoms with E-state index < -0.39 is 27.0 Å². The van der Waals surface area contributed by atoms with Crippen LogP contribution in [0.5, 0.6) is 0 Å². The molecule has 0 radical (unpaired) electrons. The third-order valence-electron chi connectivity index (χ3n) is 3.27. The van der Waals surface area contributed by atoms with E-state index in [-0.39, 0.29) is 13.2 Å². The number of amides is 1. The fourth-order valence-corrected chi connectivity index (χ4v) is 2.52. The van der Waals surface area contributed by atoms with Crippen molar-refractivity contribution in [2.24, 2.45) is 0 Å². The van der Waals surface area contributed by atoms with Crippen LogP contribution in [0.3, 0.4) is 0 Å². The molecule has 0 fully saturated rings. The first-order valence-electron chi connectivity index (χ1n) is 7.33. The van der Waals surface area contributed by atoms with Crippen LogP contribution in [-0.4, -0.2) is 38.0 Å². The summed E-state index contributed by atoms with van der Waals surface area (Å²) in [6.45, 7) is 6.48. The van der Waals surface area contributed by atoms with E-state index in [2.05, 4.69) is 10.0 Å². The van der Waals surface area contributed by atoms with Crippen molar-refractivity contribution >= 4 is 21.8 Å². The SMILES string of the molecule is CCOC(=O)Nc1ccc(C(C)(O)CNS(=O)(=O)C(C)C)cc1. The van der Waals surface area contributed by atoms with Crippen molar-refractivity contribution < 1.29 is 23.1 Å². The second kappa shape index (κ2) is 7.76. The first-order chi connectivity index (χ1) is 10.6. The Labute approximate surface area is 137 Å². The first kappa shape index (κ1) is 19.4. The second-order valence-electron chi connectivity index (χ2n) is 5.61. The average Bonchev–Trinajstić information content (AvgIpc) is 2.46. The van der Waals surface area contributed by atoms with Crippen molar-refractivity contribution in [2.75, 3.05) is 18.5 Å². The summed E-state index contributed by atoms with van der Waals surface area (Å²) >= 11 is 0. The summed E-state index contributed by atoms with van der Waals surface area (Å²) in [4.78, 5) is 11.3. The molecule has 3 N–H and O–H groups in total. The van der Waals surface area contributed by atoms with Crippen LogP contribution in [0.1, 0.15) is 33.3 Å². The lowest BCUT2D eigenvalue weighted by atomic mass is 9.96. The molecule has 1 rings (SSSR count). The van der Waals surface area contributed by atoms with Gasteiger partial charge in [0.25, 0.3) is 0 Å². The van der Waals surface area contributed by atoms with Gasteiger partial charge in [-0.1, -0.05) is 12.1 Å². The number of rotatable bonds is 7. The number of sulfonamides is 1. The molecule has 0 heterocycles. The minimum atomic E-state index is -3.45. The maximum absolute atomic E-state index is 11.8. The molecule has 1 unspecified atom stereocenters. The lowest BCUT2D eigenvalue weighted by molar-refractivity contribution is 0.0627. The van der Waals surface area contributed by atoms with Gasteiger partial charge in [-0.05, 0) is 45.4 Å². The number of carbonyl (C=O) groups excluding carboxylic acids is 1. The number of anilines is 1. The predicted octanol–water partition coefficient (Wildman–Crippen LogP) is 1.79. The lowest BCUT2D eigenvalue weighted by Crippen LogP contribution is -2.41. The summed E-state index contributed by atoms with van der Waals surface area (Å²) in [5, 5.41) is 12.4. The van der Waals surface area contributed by atoms with Gasteiger partial charge in [-0.25, -0.2) is 17.9 Å². The van der Waals surface area contributed by atoms with Crippen LogP contribution in [0.15, 0.2) is 24.3 Å². The molecule has 0 aromatic heterocycles. The van der Waals surface area contributed by atoms with E-state index >= 15 is 0 Å². The molecule has 8 heteroatoms. The van der Waals surface area contributed by atoms with Gasteiger partial charge in [-0.2, -0.15) is 0 Å². The van der Waals surface area contributed by atoms with Crippen molar-refractivity contribution in [2.45, 2.75) is 38.5 Å². The number of nitrogens with one attached hydrogen (secondary N) is 2. The van der Waals surface area contributed by atoms with Crippen LogP contribution in [-0.2, 0) is 20.4 Å². The van der Waals surface area contributed by atoms with E-state index in [9.17, 15) is 18.3 Å². The molecule has 0 saturated carbocycles. The Hall–Kier alpha value is -1.64. The van der Waals surface area contributed by atoms with E-state index in [1.165, 1.54) is 6.92 Å². The molecule has 0 saturated heterocycles. The smallest absolute Gasteiger partial charge is 0.411 e. The molecule has 0 aliphatic carbocycles. The summed E-state index contributed by atoms with van der Waals surface area (Å²) in [5.41, 5.74) is -0.325. The van der Waals surface area contributed by atoms with Crippen LogP contribution < -0.4 is 10.0 Å². The molecule has 0 aliphatic rings. The van der Waals surface area contributed by atoms with Gasteiger partial charge in [0, 0.05) is 12.2 Å². The highest BCUT2D eigenvalue weighted by Crippen LogP contribution is 2.22. The summed E-state index contributed by atoms with van der Waals surface area (Å²) < 4.78 is 30.7. The number of ether oxygens (including phenoxy) is 1. The Bertz CT molecular complexity index is 624. The molecular weight excluding hydrogens is 320 g/mol. The standard InChI is InChI=1S/C15H24N2O5S/c1-5-22-14(18)17-13-8-6-12(7-9-13)15(4,19)10-16-23(20,21)11(2)3/h6-9,11,16,19H,5,10H2,1-4H3,(H,17,18). The van der Waals surface area contributed by atoms with Gasteiger partial charge in [0.15, 0.2) is 0 Å². The molecule has 0 bridgehead atoms. The van der Waals surface area contributed by atoms with Crippen molar-refractivity contribution in [1.29, 1.82) is 0 Å². The summed E-state index contributed by atoms with van der Waals surface area (Å²) in [6, 6.07) is 6.45. The van der Waals surface area contributed by atoms with Crippen LogP contribution in [0.4, 0.5) is 10.5 Å². The molecule has 0 aliphatic heterocycles. The lowest BCUT2D eigenvalue weighted by Gasteiger charge is -2.25. The minimum Gasteiger partial charge on any atom is -0.450 e. The fraction of sp³-hybridized carbons (Fsp3) is 0.533. The molecule has 1 aromatic rings. The monoisotopic (exact) mass is 344 g/mol. The Kier molecular flexibility index (Phi) is 6.55. The molecule has 1 atom stereocenters. The number of hydrogen-bond acceptors (Lipinski definition) is 5. The van der Waals surface area contributed by atoms with Gasteiger partial charge in [-0.15, -0.1) is 0 Å². The Morgan fingerprint density at radius 2 is 1.87 bits per heavy atom. The van der Waals surface area contributed by atoms with E-state index in [0.717, 1.165) is 0 Å². The van der Waals surface area contributed by atoms with Gasteiger partial charge < -0.3 is 9.84 Å². The van der Waals surface area contributed by atoms with Crippen molar-refractivity contribution in [3.63, 3.8) is 0 Å². The zero-order chi connectivity index (χ0) is 17.7. The normalized spacial score (nSPS) is 14.3. The van der Waals surface area contributed by atoms with E-state index in [1.807, 2.05) is 0 Å². The number of carbonyl (C=O) groups is 1. The second-order valence-corrected chi connectivity index (χ2v) is 7.93. The van der Waals surface area contributed by atoms with Crippen molar-refractivity contribution in [3.05, 3.63) is 29.8 Å². The number of hydrogen-bond donors (Lipinski definition) is 3. The Morgan fingerprint density at radius 1 is 1.30 bits per heavy atom. The Morgan fingerprint density at radius 3 is 2.35 bits per heavy atom. The van der Waals surface area contributed by atoms with Gasteiger partial charge in [0.1, 0.15) is 5.60 Å². The van der Waals surface area contributed by atoms with Crippen molar-refractivity contribution in [1.82, 2.24) is 4.72 Å². The highest BCUT2D eigenvalue weighted by molar-refractivity contribution is 7.90.